The standard InChI is InChI=1S/C30H37N5O/c1-3-8-23(9-4-1)12-7-13-27-22-28(25-14-16-26(17-15-25)33-29-31-19-20-32-29)35-30(34-27)36-21-18-24-10-5-2-6-11-24/h1,3-4,8-9,14-17,22,24H,2,5-7,10-13,18-21H2,(H2,31,32,33). The average molecular weight is 484 g/mol. The molecule has 36 heavy (non-hydrogen) atoms. The molecule has 0 radical (unpaired) electrons. The van der Waals surface area contributed by atoms with E-state index in [0.29, 0.717) is 12.6 Å². The van der Waals surface area contributed by atoms with E-state index < -0.39 is 0 Å². The van der Waals surface area contributed by atoms with Crippen LogP contribution in [-0.2, 0) is 12.8 Å². The van der Waals surface area contributed by atoms with Gasteiger partial charge in [-0.05, 0) is 55.4 Å². The molecule has 0 bridgehead atoms. The van der Waals surface area contributed by atoms with Crippen LogP contribution in [0.5, 0.6) is 6.01 Å². The summed E-state index contributed by atoms with van der Waals surface area (Å²) in [5, 5.41) is 6.57. The van der Waals surface area contributed by atoms with Crippen molar-refractivity contribution in [3.8, 4) is 17.3 Å². The summed E-state index contributed by atoms with van der Waals surface area (Å²) in [6.45, 7) is 2.39. The fraction of sp³-hybridized carbons (Fsp3) is 0.433. The van der Waals surface area contributed by atoms with Crippen molar-refractivity contribution in [1.29, 1.82) is 0 Å². The predicted octanol–water partition coefficient (Wildman–Crippen LogP) is 6.04. The largest absolute Gasteiger partial charge is 0.463 e. The zero-order valence-electron chi connectivity index (χ0n) is 21.1. The van der Waals surface area contributed by atoms with E-state index in [1.807, 2.05) is 0 Å². The van der Waals surface area contributed by atoms with Crippen molar-refractivity contribution in [1.82, 2.24) is 15.3 Å². The number of guanidine groups is 1. The number of aliphatic imine (C=N–C) groups is 1. The van der Waals surface area contributed by atoms with Crippen LogP contribution in [0.25, 0.3) is 11.3 Å². The van der Waals surface area contributed by atoms with Crippen LogP contribution < -0.4 is 15.4 Å². The van der Waals surface area contributed by atoms with E-state index >= 15 is 0 Å². The minimum atomic E-state index is 0.504. The number of aryl methyl sites for hydroxylation is 2. The first kappa shape index (κ1) is 24.3. The molecule has 6 nitrogen and oxygen atoms in total. The van der Waals surface area contributed by atoms with Gasteiger partial charge in [0.1, 0.15) is 0 Å². The SMILES string of the molecule is c1ccc(CCCc2cc(-c3ccc(NC4=NCCN4)cc3)nc(OCCC3CCCCC3)n2)cc1. The maximum absolute atomic E-state index is 6.13. The first-order valence-electron chi connectivity index (χ1n) is 13.5. The lowest BCUT2D eigenvalue weighted by Crippen LogP contribution is -2.26. The Kier molecular flexibility index (Phi) is 8.45. The lowest BCUT2D eigenvalue weighted by molar-refractivity contribution is 0.233. The van der Waals surface area contributed by atoms with E-state index in [9.17, 15) is 0 Å². The van der Waals surface area contributed by atoms with Gasteiger partial charge in [0.05, 0.1) is 18.8 Å². The third kappa shape index (κ3) is 7.06. The molecule has 2 N–H and O–H groups in total. The Hall–Kier alpha value is -3.41. The summed E-state index contributed by atoms with van der Waals surface area (Å²) >= 11 is 0. The second-order valence-corrected chi connectivity index (χ2v) is 9.87. The molecule has 188 valence electrons. The van der Waals surface area contributed by atoms with E-state index in [4.69, 9.17) is 14.7 Å². The predicted molar refractivity (Wildman–Crippen MR) is 147 cm³/mol. The van der Waals surface area contributed by atoms with E-state index in [0.717, 1.165) is 73.3 Å². The van der Waals surface area contributed by atoms with Crippen molar-refractivity contribution in [2.75, 3.05) is 25.0 Å². The first-order valence-corrected chi connectivity index (χ1v) is 13.5. The van der Waals surface area contributed by atoms with Crippen LogP contribution >= 0.6 is 0 Å². The van der Waals surface area contributed by atoms with Gasteiger partial charge in [0.2, 0.25) is 0 Å². The van der Waals surface area contributed by atoms with Crippen molar-refractivity contribution in [2.24, 2.45) is 10.9 Å². The lowest BCUT2D eigenvalue weighted by Gasteiger charge is -2.21. The summed E-state index contributed by atoms with van der Waals surface area (Å²) < 4.78 is 6.13. The zero-order valence-corrected chi connectivity index (χ0v) is 21.1. The number of aromatic nitrogens is 2. The van der Waals surface area contributed by atoms with Gasteiger partial charge in [0.15, 0.2) is 5.96 Å². The Morgan fingerprint density at radius 1 is 0.917 bits per heavy atom. The number of anilines is 1. The summed E-state index contributed by atoms with van der Waals surface area (Å²) in [6.07, 6.45) is 10.8. The van der Waals surface area contributed by atoms with Crippen LogP contribution in [0.3, 0.4) is 0 Å². The molecule has 1 saturated carbocycles. The Labute approximate surface area is 214 Å². The highest BCUT2D eigenvalue weighted by molar-refractivity contribution is 5.94. The molecule has 0 spiro atoms. The minimum Gasteiger partial charge on any atom is -0.463 e. The van der Waals surface area contributed by atoms with Crippen molar-refractivity contribution >= 4 is 11.6 Å². The molecule has 1 fully saturated rings. The van der Waals surface area contributed by atoms with Gasteiger partial charge < -0.3 is 15.4 Å². The van der Waals surface area contributed by atoms with Gasteiger partial charge in [-0.1, -0.05) is 74.6 Å². The summed E-state index contributed by atoms with van der Waals surface area (Å²) in [5.74, 6) is 1.62. The molecule has 3 aromatic rings. The highest BCUT2D eigenvalue weighted by atomic mass is 16.5. The Bertz CT molecular complexity index is 1120. The topological polar surface area (TPSA) is 71.4 Å². The van der Waals surface area contributed by atoms with E-state index in [2.05, 4.69) is 76.3 Å². The monoisotopic (exact) mass is 483 g/mol. The second-order valence-electron chi connectivity index (χ2n) is 9.87. The van der Waals surface area contributed by atoms with E-state index in [-0.39, 0.29) is 0 Å². The van der Waals surface area contributed by atoms with Gasteiger partial charge in [-0.2, -0.15) is 4.98 Å². The number of hydrogen-bond donors (Lipinski definition) is 2. The van der Waals surface area contributed by atoms with Gasteiger partial charge in [0, 0.05) is 23.5 Å². The zero-order chi connectivity index (χ0) is 24.4. The minimum absolute atomic E-state index is 0.504. The number of nitrogens with one attached hydrogen (secondary N) is 2. The summed E-state index contributed by atoms with van der Waals surface area (Å²) in [5.41, 5.74) is 5.38. The molecule has 2 aliphatic rings. The Balaban J connectivity index is 1.27. The van der Waals surface area contributed by atoms with Gasteiger partial charge in [-0.15, -0.1) is 0 Å². The smallest absolute Gasteiger partial charge is 0.317 e. The van der Waals surface area contributed by atoms with Crippen LogP contribution in [0, 0.1) is 5.92 Å². The highest BCUT2D eigenvalue weighted by Gasteiger charge is 2.14. The molecule has 0 amide bonds. The Morgan fingerprint density at radius 3 is 2.53 bits per heavy atom. The molecule has 6 heteroatoms. The summed E-state index contributed by atoms with van der Waals surface area (Å²) in [6, 6.07) is 21.6. The van der Waals surface area contributed by atoms with Crippen molar-refractivity contribution < 1.29 is 4.74 Å². The van der Waals surface area contributed by atoms with Crippen LogP contribution in [0.2, 0.25) is 0 Å². The summed E-state index contributed by atoms with van der Waals surface area (Å²) in [4.78, 5) is 14.0. The first-order chi connectivity index (χ1) is 17.8. The Morgan fingerprint density at radius 2 is 1.75 bits per heavy atom. The maximum atomic E-state index is 6.13. The second kappa shape index (κ2) is 12.5. The lowest BCUT2D eigenvalue weighted by atomic mass is 9.87. The van der Waals surface area contributed by atoms with Crippen LogP contribution in [0.1, 0.15) is 56.2 Å². The molecule has 2 heterocycles. The number of ether oxygens (including phenoxy) is 1. The van der Waals surface area contributed by atoms with Crippen molar-refractivity contribution in [3.05, 3.63) is 71.9 Å². The normalized spacial score (nSPS) is 15.8. The van der Waals surface area contributed by atoms with Crippen LogP contribution in [0.15, 0.2) is 65.7 Å². The maximum Gasteiger partial charge on any atom is 0.317 e. The number of rotatable bonds is 10. The highest BCUT2D eigenvalue weighted by Crippen LogP contribution is 2.27. The summed E-state index contributed by atoms with van der Waals surface area (Å²) in [7, 11) is 0. The molecule has 1 aromatic heterocycles. The van der Waals surface area contributed by atoms with Gasteiger partial charge >= 0.3 is 6.01 Å². The van der Waals surface area contributed by atoms with Gasteiger partial charge in [-0.25, -0.2) is 4.98 Å². The fourth-order valence-electron chi connectivity index (χ4n) is 5.07. The molecule has 2 aromatic carbocycles. The molecule has 0 saturated heterocycles. The molecule has 1 aliphatic carbocycles. The van der Waals surface area contributed by atoms with Crippen molar-refractivity contribution in [3.63, 3.8) is 0 Å². The van der Waals surface area contributed by atoms with Crippen LogP contribution in [-0.4, -0.2) is 35.6 Å². The number of benzene rings is 2. The molecular weight excluding hydrogens is 446 g/mol. The number of hydrogen-bond acceptors (Lipinski definition) is 6. The van der Waals surface area contributed by atoms with Gasteiger partial charge in [0.25, 0.3) is 0 Å². The quantitative estimate of drug-likeness (QED) is 0.368. The van der Waals surface area contributed by atoms with E-state index in [1.54, 1.807) is 0 Å². The fourth-order valence-corrected chi connectivity index (χ4v) is 5.07. The van der Waals surface area contributed by atoms with Crippen LogP contribution in [0.4, 0.5) is 5.69 Å². The van der Waals surface area contributed by atoms with Gasteiger partial charge in [-0.3, -0.25) is 4.99 Å². The average Bonchev–Trinajstić information content (AvgIpc) is 3.43. The number of nitrogens with zero attached hydrogens (tertiary/aromatic N) is 3. The molecule has 1 aliphatic heterocycles. The molecule has 0 unspecified atom stereocenters. The van der Waals surface area contributed by atoms with E-state index in [1.165, 1.54) is 37.7 Å². The van der Waals surface area contributed by atoms with Crippen molar-refractivity contribution in [2.45, 2.75) is 57.8 Å². The molecule has 0 atom stereocenters. The molecular formula is C30H37N5O. The molecule has 5 rings (SSSR count). The third-order valence-corrected chi connectivity index (χ3v) is 7.10. The third-order valence-electron chi connectivity index (χ3n) is 7.10.